The molecule has 8 nitrogen and oxygen atoms in total. The van der Waals surface area contributed by atoms with Crippen LogP contribution >= 0.6 is 0 Å². The second kappa shape index (κ2) is 10.0. The van der Waals surface area contributed by atoms with Crippen LogP contribution in [0, 0.1) is 0 Å². The topological polar surface area (TPSA) is 83.1 Å². The lowest BCUT2D eigenvalue weighted by molar-refractivity contribution is -0.130. The van der Waals surface area contributed by atoms with Crippen molar-refractivity contribution in [2.75, 3.05) is 57.4 Å². The minimum Gasteiger partial charge on any atom is -0.379 e. The molecule has 0 saturated carbocycles. The maximum atomic E-state index is 12.9. The minimum atomic E-state index is -3.55. The SMILES string of the molecule is O=C(Cc1ccc2c(c1)CCCC2)N1CCN(c2ccc(S(=O)(=O)N3CCOCC3)cn2)CC1. The number of aromatic nitrogens is 1. The number of nitrogens with zero attached hydrogens (tertiary/aromatic N) is 4. The summed E-state index contributed by atoms with van der Waals surface area (Å²) in [5, 5.41) is 0. The number of rotatable bonds is 5. The summed E-state index contributed by atoms with van der Waals surface area (Å²) in [7, 11) is -3.55. The number of pyridine rings is 1. The van der Waals surface area contributed by atoms with E-state index in [0.29, 0.717) is 58.9 Å². The van der Waals surface area contributed by atoms with E-state index in [4.69, 9.17) is 4.74 Å². The molecule has 2 fully saturated rings. The molecule has 3 heterocycles. The second-order valence-corrected chi connectivity index (χ2v) is 11.2. The summed E-state index contributed by atoms with van der Waals surface area (Å²) in [5.74, 6) is 0.901. The van der Waals surface area contributed by atoms with E-state index >= 15 is 0 Å². The van der Waals surface area contributed by atoms with Gasteiger partial charge < -0.3 is 14.5 Å². The Balaban J connectivity index is 1.16. The number of piperazine rings is 1. The summed E-state index contributed by atoms with van der Waals surface area (Å²) in [6.45, 7) is 4.20. The van der Waals surface area contributed by atoms with Gasteiger partial charge in [-0.05, 0) is 54.5 Å². The quantitative estimate of drug-likeness (QED) is 0.645. The van der Waals surface area contributed by atoms with Gasteiger partial charge in [0.15, 0.2) is 0 Å². The van der Waals surface area contributed by atoms with Gasteiger partial charge in [-0.1, -0.05) is 18.2 Å². The van der Waals surface area contributed by atoms with Gasteiger partial charge in [0.1, 0.15) is 10.7 Å². The normalized spacial score (nSPS) is 19.6. The maximum absolute atomic E-state index is 12.9. The van der Waals surface area contributed by atoms with Gasteiger partial charge in [0.05, 0.1) is 19.6 Å². The van der Waals surface area contributed by atoms with Gasteiger partial charge in [0.2, 0.25) is 15.9 Å². The summed E-state index contributed by atoms with van der Waals surface area (Å²) in [6, 6.07) is 9.91. The number of amides is 1. The molecule has 182 valence electrons. The molecule has 2 aromatic rings. The molecule has 1 aromatic carbocycles. The standard InChI is InChI=1S/C25H32N4O4S/c30-25(18-20-5-6-21-3-1-2-4-22(21)17-20)28-11-9-27(10-12-28)24-8-7-23(19-26-24)34(31,32)29-13-15-33-16-14-29/h5-8,17,19H,1-4,9-16,18H2. The van der Waals surface area contributed by atoms with Crippen molar-refractivity contribution >= 4 is 21.7 Å². The summed E-state index contributed by atoms with van der Waals surface area (Å²) in [4.78, 5) is 21.6. The van der Waals surface area contributed by atoms with Crippen LogP contribution in [0.25, 0.3) is 0 Å². The number of hydrogen-bond donors (Lipinski definition) is 0. The number of benzene rings is 1. The van der Waals surface area contributed by atoms with Gasteiger partial charge in [-0.25, -0.2) is 13.4 Å². The van der Waals surface area contributed by atoms with Crippen molar-refractivity contribution in [1.82, 2.24) is 14.2 Å². The number of morpholine rings is 1. The van der Waals surface area contributed by atoms with E-state index in [9.17, 15) is 13.2 Å². The summed E-state index contributed by atoms with van der Waals surface area (Å²) in [5.41, 5.74) is 3.95. The maximum Gasteiger partial charge on any atom is 0.244 e. The molecular weight excluding hydrogens is 452 g/mol. The van der Waals surface area contributed by atoms with Crippen molar-refractivity contribution in [2.45, 2.75) is 37.0 Å². The van der Waals surface area contributed by atoms with Crippen LogP contribution in [0.3, 0.4) is 0 Å². The Hall–Kier alpha value is -2.49. The molecule has 0 spiro atoms. The number of sulfonamides is 1. The van der Waals surface area contributed by atoms with Crippen molar-refractivity contribution in [3.63, 3.8) is 0 Å². The lowest BCUT2D eigenvalue weighted by Crippen LogP contribution is -2.49. The largest absolute Gasteiger partial charge is 0.379 e. The Labute approximate surface area is 201 Å². The van der Waals surface area contributed by atoms with E-state index in [0.717, 1.165) is 24.2 Å². The third-order valence-corrected chi connectivity index (χ3v) is 8.94. The molecule has 34 heavy (non-hydrogen) atoms. The molecule has 3 aliphatic rings. The van der Waals surface area contributed by atoms with Gasteiger partial charge in [0.25, 0.3) is 0 Å². The summed E-state index contributed by atoms with van der Waals surface area (Å²) < 4.78 is 32.3. The van der Waals surface area contributed by atoms with Crippen LogP contribution in [0.4, 0.5) is 5.82 Å². The minimum absolute atomic E-state index is 0.162. The third kappa shape index (κ3) is 4.96. The molecule has 1 aliphatic carbocycles. The molecular formula is C25H32N4O4S. The van der Waals surface area contributed by atoms with E-state index < -0.39 is 10.0 Å². The fourth-order valence-electron chi connectivity index (χ4n) is 5.02. The van der Waals surface area contributed by atoms with Crippen molar-refractivity contribution in [3.05, 3.63) is 53.2 Å². The van der Waals surface area contributed by atoms with Crippen molar-refractivity contribution < 1.29 is 17.9 Å². The second-order valence-electron chi connectivity index (χ2n) is 9.22. The van der Waals surface area contributed by atoms with Crippen molar-refractivity contribution in [1.29, 1.82) is 0 Å². The molecule has 0 radical (unpaired) electrons. The highest BCUT2D eigenvalue weighted by Gasteiger charge is 2.27. The zero-order valence-electron chi connectivity index (χ0n) is 19.5. The Kier molecular flexibility index (Phi) is 6.85. The first-order valence-corrected chi connectivity index (χ1v) is 13.6. The van der Waals surface area contributed by atoms with Crippen LogP contribution in [0.1, 0.15) is 29.5 Å². The number of ether oxygens (including phenoxy) is 1. The van der Waals surface area contributed by atoms with Gasteiger partial charge in [-0.2, -0.15) is 4.31 Å². The number of anilines is 1. The molecule has 0 N–H and O–H groups in total. The van der Waals surface area contributed by atoms with E-state index in [-0.39, 0.29) is 10.8 Å². The van der Waals surface area contributed by atoms with E-state index in [1.54, 1.807) is 12.1 Å². The van der Waals surface area contributed by atoms with Gasteiger partial charge in [0, 0.05) is 45.5 Å². The van der Waals surface area contributed by atoms with Crippen LogP contribution in [0.15, 0.2) is 41.4 Å². The third-order valence-electron chi connectivity index (χ3n) is 7.05. The number of carbonyl (C=O) groups is 1. The van der Waals surface area contributed by atoms with Crippen LogP contribution in [-0.4, -0.2) is 81.0 Å². The zero-order chi connectivity index (χ0) is 23.5. The molecule has 1 aromatic heterocycles. The number of fused-ring (bicyclic) bond motifs is 1. The van der Waals surface area contributed by atoms with Crippen LogP contribution in [0.5, 0.6) is 0 Å². The van der Waals surface area contributed by atoms with E-state index in [1.807, 2.05) is 4.90 Å². The van der Waals surface area contributed by atoms with Crippen LogP contribution < -0.4 is 4.90 Å². The van der Waals surface area contributed by atoms with Crippen molar-refractivity contribution in [3.8, 4) is 0 Å². The average Bonchev–Trinajstić information content (AvgIpc) is 2.89. The summed E-state index contributed by atoms with van der Waals surface area (Å²) >= 11 is 0. The lowest BCUT2D eigenvalue weighted by Gasteiger charge is -2.35. The van der Waals surface area contributed by atoms with Crippen molar-refractivity contribution in [2.24, 2.45) is 0 Å². The first kappa shape index (κ1) is 23.3. The summed E-state index contributed by atoms with van der Waals surface area (Å²) in [6.07, 6.45) is 6.65. The fourth-order valence-corrected chi connectivity index (χ4v) is 6.37. The lowest BCUT2D eigenvalue weighted by atomic mass is 9.90. The van der Waals surface area contributed by atoms with Crippen LogP contribution in [-0.2, 0) is 38.8 Å². The molecule has 2 saturated heterocycles. The van der Waals surface area contributed by atoms with E-state index in [1.165, 1.54) is 34.5 Å². The first-order valence-electron chi connectivity index (χ1n) is 12.2. The van der Waals surface area contributed by atoms with Crippen LogP contribution in [0.2, 0.25) is 0 Å². The number of carbonyl (C=O) groups excluding carboxylic acids is 1. The zero-order valence-corrected chi connectivity index (χ0v) is 20.3. The monoisotopic (exact) mass is 484 g/mol. The van der Waals surface area contributed by atoms with Gasteiger partial charge in [-0.3, -0.25) is 4.79 Å². The van der Waals surface area contributed by atoms with E-state index in [2.05, 4.69) is 28.1 Å². The predicted octanol–water partition coefficient (Wildman–Crippen LogP) is 1.87. The highest BCUT2D eigenvalue weighted by Crippen LogP contribution is 2.23. The fraction of sp³-hybridized carbons (Fsp3) is 0.520. The molecule has 2 aliphatic heterocycles. The molecule has 0 bridgehead atoms. The number of aryl methyl sites for hydroxylation is 2. The molecule has 0 atom stereocenters. The highest BCUT2D eigenvalue weighted by atomic mass is 32.2. The Morgan fingerprint density at radius 1 is 0.912 bits per heavy atom. The van der Waals surface area contributed by atoms with Gasteiger partial charge in [-0.15, -0.1) is 0 Å². The highest BCUT2D eigenvalue weighted by molar-refractivity contribution is 7.89. The Morgan fingerprint density at radius 3 is 2.35 bits per heavy atom. The number of hydrogen-bond acceptors (Lipinski definition) is 6. The molecule has 0 unspecified atom stereocenters. The Morgan fingerprint density at radius 2 is 1.65 bits per heavy atom. The molecule has 5 rings (SSSR count). The predicted molar refractivity (Wildman–Crippen MR) is 129 cm³/mol. The Bertz CT molecular complexity index is 1120. The average molecular weight is 485 g/mol. The molecule has 9 heteroatoms. The molecule has 1 amide bonds. The first-order chi connectivity index (χ1) is 16.5. The smallest absolute Gasteiger partial charge is 0.244 e. The van der Waals surface area contributed by atoms with Gasteiger partial charge >= 0.3 is 0 Å².